The maximum Gasteiger partial charge on any atom is 0.220 e. The fourth-order valence-electron chi connectivity index (χ4n) is 4.42. The minimum atomic E-state index is 0.0844. The van der Waals surface area contributed by atoms with Gasteiger partial charge in [-0.1, -0.05) is 35.3 Å². The van der Waals surface area contributed by atoms with Gasteiger partial charge in [-0.05, 0) is 50.1 Å². The van der Waals surface area contributed by atoms with Crippen LogP contribution in [0.15, 0.2) is 42.2 Å². The Morgan fingerprint density at radius 2 is 2.07 bits per heavy atom. The maximum atomic E-state index is 11.6. The molecule has 0 radical (unpaired) electrons. The van der Waals surface area contributed by atoms with E-state index in [1.54, 1.807) is 0 Å². The number of amides is 1. The van der Waals surface area contributed by atoms with Gasteiger partial charge in [0.25, 0.3) is 0 Å². The number of carbonyl (C=O) groups excluding carboxylic acids is 1. The number of rotatable bonds is 6. The topological polar surface area (TPSA) is 44.8 Å². The lowest BCUT2D eigenvalue weighted by molar-refractivity contribution is -0.123. The van der Waals surface area contributed by atoms with Gasteiger partial charge in [-0.15, -0.1) is 0 Å². The van der Waals surface area contributed by atoms with E-state index in [2.05, 4.69) is 33.3 Å². The Bertz CT molecular complexity index is 827. The molecule has 0 saturated carbocycles. The third kappa shape index (κ3) is 5.32. The summed E-state index contributed by atoms with van der Waals surface area (Å²) in [4.78, 5) is 16.4. The van der Waals surface area contributed by atoms with Crippen LogP contribution >= 0.6 is 23.2 Å². The molecular formula is C23H29Cl2N3O2. The predicted molar refractivity (Wildman–Crippen MR) is 122 cm³/mol. The maximum absolute atomic E-state index is 11.6. The molecule has 3 aliphatic rings. The van der Waals surface area contributed by atoms with E-state index in [1.165, 1.54) is 0 Å². The molecule has 162 valence electrons. The Hall–Kier alpha value is -1.69. The number of hydrogen-bond donors (Lipinski definition) is 1. The van der Waals surface area contributed by atoms with E-state index >= 15 is 0 Å². The number of anilines is 1. The van der Waals surface area contributed by atoms with Crippen molar-refractivity contribution in [2.45, 2.75) is 31.7 Å². The van der Waals surface area contributed by atoms with Crippen molar-refractivity contribution in [3.05, 3.63) is 52.2 Å². The highest BCUT2D eigenvalue weighted by Crippen LogP contribution is 2.33. The predicted octanol–water partition coefficient (Wildman–Crippen LogP) is 4.26. The third-order valence-corrected chi connectivity index (χ3v) is 6.90. The van der Waals surface area contributed by atoms with Gasteiger partial charge < -0.3 is 19.9 Å². The molecule has 0 aromatic heterocycles. The number of carbonyl (C=O) groups is 1. The Labute approximate surface area is 188 Å². The summed E-state index contributed by atoms with van der Waals surface area (Å²) in [6, 6.07) is 5.92. The van der Waals surface area contributed by atoms with Crippen LogP contribution in [0.1, 0.15) is 25.7 Å². The highest BCUT2D eigenvalue weighted by molar-refractivity contribution is 6.43. The minimum absolute atomic E-state index is 0.0844. The van der Waals surface area contributed by atoms with Crippen molar-refractivity contribution in [2.75, 3.05) is 44.2 Å². The summed E-state index contributed by atoms with van der Waals surface area (Å²) in [6.07, 6.45) is 9.89. The van der Waals surface area contributed by atoms with Gasteiger partial charge in [0.15, 0.2) is 0 Å². The molecule has 0 bridgehead atoms. The van der Waals surface area contributed by atoms with Crippen molar-refractivity contribution in [3.63, 3.8) is 0 Å². The average Bonchev–Trinajstić information content (AvgIpc) is 2.98. The molecule has 30 heavy (non-hydrogen) atoms. The number of nitrogens with zero attached hydrogens (tertiary/aromatic N) is 2. The van der Waals surface area contributed by atoms with Gasteiger partial charge in [-0.25, -0.2) is 0 Å². The van der Waals surface area contributed by atoms with Crippen molar-refractivity contribution in [1.29, 1.82) is 0 Å². The molecule has 1 aliphatic carbocycles. The minimum Gasteiger partial charge on any atom is -0.494 e. The molecular weight excluding hydrogens is 421 g/mol. The lowest BCUT2D eigenvalue weighted by atomic mass is 9.87. The van der Waals surface area contributed by atoms with Gasteiger partial charge in [0, 0.05) is 38.5 Å². The van der Waals surface area contributed by atoms with Crippen molar-refractivity contribution < 1.29 is 9.53 Å². The molecule has 2 saturated heterocycles. The molecule has 2 fully saturated rings. The Morgan fingerprint density at radius 3 is 2.97 bits per heavy atom. The number of fused-ring (bicyclic) bond motifs is 1. The molecule has 2 heterocycles. The quantitative estimate of drug-likeness (QED) is 0.658. The van der Waals surface area contributed by atoms with Crippen LogP contribution in [0, 0.1) is 5.92 Å². The van der Waals surface area contributed by atoms with E-state index in [4.69, 9.17) is 27.9 Å². The fourth-order valence-corrected chi connectivity index (χ4v) is 4.84. The van der Waals surface area contributed by atoms with Crippen LogP contribution in [-0.2, 0) is 9.53 Å². The number of allylic oxidation sites excluding steroid dienone is 1. The molecule has 0 spiro atoms. The number of halogens is 2. The van der Waals surface area contributed by atoms with Crippen molar-refractivity contribution in [2.24, 2.45) is 5.92 Å². The standard InChI is InChI=1S/C23H29Cl2N3O2/c24-19-4-1-5-21(23(19)25)28-12-2-10-27(13-14-28)11-3-15-30-18-8-6-17-7-9-22(29)26-20(17)16-18/h1,4-6,8,16-17,20H,2-3,7,9-15H2,(H,26,29). The first-order valence-corrected chi connectivity index (χ1v) is 11.6. The number of benzene rings is 1. The number of nitrogens with one attached hydrogen (secondary N) is 1. The molecule has 2 unspecified atom stereocenters. The summed E-state index contributed by atoms with van der Waals surface area (Å²) in [5, 5.41) is 4.30. The summed E-state index contributed by atoms with van der Waals surface area (Å²) in [5.74, 6) is 1.41. The second-order valence-corrected chi connectivity index (χ2v) is 8.97. The molecule has 1 N–H and O–H groups in total. The first kappa shape index (κ1) is 21.5. The van der Waals surface area contributed by atoms with E-state index in [-0.39, 0.29) is 11.9 Å². The first-order valence-electron chi connectivity index (χ1n) is 10.8. The molecule has 5 nitrogen and oxygen atoms in total. The van der Waals surface area contributed by atoms with Crippen molar-refractivity contribution in [3.8, 4) is 0 Å². The highest BCUT2D eigenvalue weighted by Gasteiger charge is 2.28. The fraction of sp³-hybridized carbons (Fsp3) is 0.522. The van der Waals surface area contributed by atoms with Crippen molar-refractivity contribution in [1.82, 2.24) is 10.2 Å². The van der Waals surface area contributed by atoms with Gasteiger partial charge in [0.05, 0.1) is 28.4 Å². The molecule has 1 amide bonds. The van der Waals surface area contributed by atoms with Crippen LogP contribution in [0.2, 0.25) is 10.0 Å². The molecule has 1 aromatic rings. The lowest BCUT2D eigenvalue weighted by Crippen LogP contribution is -2.44. The third-order valence-electron chi connectivity index (χ3n) is 6.09. The average molecular weight is 450 g/mol. The summed E-state index contributed by atoms with van der Waals surface area (Å²) in [6.45, 7) is 5.70. The van der Waals surface area contributed by atoms with Crippen LogP contribution in [0.3, 0.4) is 0 Å². The number of hydrogen-bond acceptors (Lipinski definition) is 4. The normalized spacial score (nSPS) is 24.7. The first-order chi connectivity index (χ1) is 14.6. The van der Waals surface area contributed by atoms with Gasteiger partial charge in [0.1, 0.15) is 5.76 Å². The monoisotopic (exact) mass is 449 g/mol. The Morgan fingerprint density at radius 1 is 1.17 bits per heavy atom. The van der Waals surface area contributed by atoms with Crippen LogP contribution in [-0.4, -0.2) is 56.2 Å². The van der Waals surface area contributed by atoms with Crippen LogP contribution in [0.25, 0.3) is 0 Å². The molecule has 7 heteroatoms. The Kier molecular flexibility index (Phi) is 7.24. The van der Waals surface area contributed by atoms with Crippen LogP contribution in [0.5, 0.6) is 0 Å². The van der Waals surface area contributed by atoms with Crippen LogP contribution < -0.4 is 10.2 Å². The largest absolute Gasteiger partial charge is 0.494 e. The van der Waals surface area contributed by atoms with Gasteiger partial charge in [-0.3, -0.25) is 4.79 Å². The van der Waals surface area contributed by atoms with E-state index in [0.29, 0.717) is 29.0 Å². The Balaban J connectivity index is 1.20. The molecule has 4 rings (SSSR count). The molecule has 2 aliphatic heterocycles. The zero-order chi connectivity index (χ0) is 20.9. The smallest absolute Gasteiger partial charge is 0.220 e. The summed E-state index contributed by atoms with van der Waals surface area (Å²) in [7, 11) is 0. The van der Waals surface area contributed by atoms with Crippen LogP contribution in [0.4, 0.5) is 5.69 Å². The van der Waals surface area contributed by atoms with Gasteiger partial charge in [0.2, 0.25) is 5.91 Å². The summed E-state index contributed by atoms with van der Waals surface area (Å²) < 4.78 is 5.96. The van der Waals surface area contributed by atoms with Gasteiger partial charge in [-0.2, -0.15) is 0 Å². The number of ether oxygens (including phenoxy) is 1. The lowest BCUT2D eigenvalue weighted by Gasteiger charge is -2.31. The van der Waals surface area contributed by atoms with E-state index in [9.17, 15) is 4.79 Å². The molecule has 1 aromatic carbocycles. The second kappa shape index (κ2) is 10.1. The zero-order valence-electron chi connectivity index (χ0n) is 17.2. The van der Waals surface area contributed by atoms with Gasteiger partial charge >= 0.3 is 0 Å². The summed E-state index contributed by atoms with van der Waals surface area (Å²) in [5.41, 5.74) is 1.03. The van der Waals surface area contributed by atoms with Crippen molar-refractivity contribution >= 4 is 34.8 Å². The molecule has 2 atom stereocenters. The SMILES string of the molecule is O=C1CCC2C=CC(OCCCN3CCCN(c4cccc(Cl)c4Cl)CC3)=CC2N1. The highest BCUT2D eigenvalue weighted by atomic mass is 35.5. The van der Waals surface area contributed by atoms with E-state index in [0.717, 1.165) is 63.4 Å². The zero-order valence-corrected chi connectivity index (χ0v) is 18.7. The van der Waals surface area contributed by atoms with E-state index in [1.807, 2.05) is 18.2 Å². The second-order valence-electron chi connectivity index (χ2n) is 8.18. The number of piperidine rings is 1. The van der Waals surface area contributed by atoms with E-state index < -0.39 is 0 Å². The summed E-state index contributed by atoms with van der Waals surface area (Å²) >= 11 is 12.6.